The lowest BCUT2D eigenvalue weighted by atomic mass is 10.2. The van der Waals surface area contributed by atoms with Gasteiger partial charge in [-0.05, 0) is 44.0 Å². The van der Waals surface area contributed by atoms with Crippen LogP contribution in [0.2, 0.25) is 10.2 Å². The second kappa shape index (κ2) is 6.71. The molecule has 2 aromatic heterocycles. The van der Waals surface area contributed by atoms with Crippen molar-refractivity contribution in [1.82, 2.24) is 9.88 Å². The van der Waals surface area contributed by atoms with Crippen molar-refractivity contribution in [3.05, 3.63) is 50.4 Å². The number of rotatable bonds is 5. The van der Waals surface area contributed by atoms with Crippen LogP contribution in [0, 0.1) is 0 Å². The molecule has 0 N–H and O–H groups in total. The molecule has 2 aromatic rings. The van der Waals surface area contributed by atoms with Gasteiger partial charge in [-0.15, -0.1) is 11.3 Å². The number of hydrogen-bond acceptors (Lipinski definition) is 3. The molecular weight excluding hydrogens is 299 g/mol. The molecule has 0 aliphatic carbocycles. The topological polar surface area (TPSA) is 16.1 Å². The first-order valence-electron chi connectivity index (χ1n) is 6.10. The number of nitrogens with zero attached hydrogens (tertiary/aromatic N) is 2. The molecule has 5 heteroatoms. The number of likely N-dealkylation sites (N-methyl/N-ethyl adjacent to an activating group) is 1. The zero-order chi connectivity index (χ0) is 13.8. The van der Waals surface area contributed by atoms with Gasteiger partial charge in [0, 0.05) is 17.5 Å². The first kappa shape index (κ1) is 14.8. The summed E-state index contributed by atoms with van der Waals surface area (Å²) >= 11 is 13.8. The van der Waals surface area contributed by atoms with E-state index in [4.69, 9.17) is 23.2 Å². The van der Waals surface area contributed by atoms with Gasteiger partial charge in [-0.1, -0.05) is 29.3 Å². The van der Waals surface area contributed by atoms with E-state index >= 15 is 0 Å². The van der Waals surface area contributed by atoms with Crippen LogP contribution in [0.3, 0.4) is 0 Å². The fraction of sp³-hybridized carbons (Fsp3) is 0.357. The Labute approximate surface area is 128 Å². The van der Waals surface area contributed by atoms with E-state index in [1.165, 1.54) is 4.88 Å². The number of aromatic nitrogens is 1. The van der Waals surface area contributed by atoms with Crippen molar-refractivity contribution in [2.75, 3.05) is 7.05 Å². The zero-order valence-corrected chi connectivity index (χ0v) is 13.3. The van der Waals surface area contributed by atoms with Crippen LogP contribution in [0.25, 0.3) is 0 Å². The van der Waals surface area contributed by atoms with Gasteiger partial charge in [-0.3, -0.25) is 4.90 Å². The Morgan fingerprint density at radius 3 is 2.79 bits per heavy atom. The summed E-state index contributed by atoms with van der Waals surface area (Å²) in [5.74, 6) is 0. The average Bonchev–Trinajstić information content (AvgIpc) is 2.86. The second-order valence-electron chi connectivity index (χ2n) is 4.61. The molecule has 0 spiro atoms. The minimum absolute atomic E-state index is 0.426. The highest BCUT2D eigenvalue weighted by atomic mass is 35.5. The Morgan fingerprint density at radius 1 is 1.32 bits per heavy atom. The van der Waals surface area contributed by atoms with E-state index in [0.717, 1.165) is 12.1 Å². The molecular formula is C14H16Cl2N2S. The van der Waals surface area contributed by atoms with E-state index in [-0.39, 0.29) is 0 Å². The highest BCUT2D eigenvalue weighted by molar-refractivity contribution is 7.09. The predicted molar refractivity (Wildman–Crippen MR) is 83.2 cm³/mol. The van der Waals surface area contributed by atoms with Crippen molar-refractivity contribution in [2.24, 2.45) is 0 Å². The van der Waals surface area contributed by atoms with Gasteiger partial charge in [0.25, 0.3) is 0 Å². The number of thiophene rings is 1. The maximum Gasteiger partial charge on any atom is 0.129 e. The van der Waals surface area contributed by atoms with Crippen molar-refractivity contribution in [2.45, 2.75) is 25.9 Å². The zero-order valence-electron chi connectivity index (χ0n) is 10.9. The highest BCUT2D eigenvalue weighted by Gasteiger charge is 2.13. The summed E-state index contributed by atoms with van der Waals surface area (Å²) < 4.78 is 0. The Hall–Kier alpha value is -0.610. The maximum absolute atomic E-state index is 6.14. The number of halogens is 2. The summed E-state index contributed by atoms with van der Waals surface area (Å²) in [6, 6.07) is 8.18. The Kier molecular flexibility index (Phi) is 5.22. The van der Waals surface area contributed by atoms with Gasteiger partial charge in [-0.2, -0.15) is 0 Å². The minimum atomic E-state index is 0.426. The molecule has 0 aromatic carbocycles. The summed E-state index contributed by atoms with van der Waals surface area (Å²) in [5, 5.41) is 3.26. The smallest absolute Gasteiger partial charge is 0.129 e. The Balaban J connectivity index is 1.99. The molecule has 0 saturated carbocycles. The van der Waals surface area contributed by atoms with Gasteiger partial charge in [-0.25, -0.2) is 4.98 Å². The molecule has 2 heterocycles. The fourth-order valence-corrected chi connectivity index (χ4v) is 2.99. The molecule has 2 nitrogen and oxygen atoms in total. The van der Waals surface area contributed by atoms with Crippen LogP contribution < -0.4 is 0 Å². The van der Waals surface area contributed by atoms with Crippen molar-refractivity contribution in [3.8, 4) is 0 Å². The summed E-state index contributed by atoms with van der Waals surface area (Å²) in [6.07, 6.45) is 1.03. The van der Waals surface area contributed by atoms with E-state index in [2.05, 4.69) is 41.4 Å². The molecule has 0 saturated heterocycles. The molecule has 102 valence electrons. The third kappa shape index (κ3) is 4.18. The molecule has 0 aliphatic heterocycles. The van der Waals surface area contributed by atoms with E-state index in [1.807, 2.05) is 0 Å². The molecule has 0 fully saturated rings. The number of pyridine rings is 1. The number of hydrogen-bond donors (Lipinski definition) is 0. The normalized spacial score (nSPS) is 12.9. The van der Waals surface area contributed by atoms with Crippen LogP contribution in [0.1, 0.15) is 17.5 Å². The SMILES string of the molecule is CC(Cc1cccs1)N(C)Cc1nc(Cl)ccc1Cl. The largest absolute Gasteiger partial charge is 0.297 e. The summed E-state index contributed by atoms with van der Waals surface area (Å²) in [6.45, 7) is 2.91. The highest BCUT2D eigenvalue weighted by Crippen LogP contribution is 2.20. The lowest BCUT2D eigenvalue weighted by Crippen LogP contribution is -2.30. The van der Waals surface area contributed by atoms with Gasteiger partial charge in [0.15, 0.2) is 0 Å². The lowest BCUT2D eigenvalue weighted by molar-refractivity contribution is 0.246. The molecule has 0 radical (unpaired) electrons. The van der Waals surface area contributed by atoms with Gasteiger partial charge in [0.1, 0.15) is 5.15 Å². The van der Waals surface area contributed by atoms with Crippen molar-refractivity contribution in [1.29, 1.82) is 0 Å². The standard InChI is InChI=1S/C14H16Cl2N2S/c1-10(8-11-4-3-7-19-11)18(2)9-13-12(15)5-6-14(16)17-13/h3-7,10H,8-9H2,1-2H3. The first-order chi connectivity index (χ1) is 9.06. The molecule has 1 unspecified atom stereocenters. The van der Waals surface area contributed by atoms with Crippen LogP contribution in [0.15, 0.2) is 29.6 Å². The lowest BCUT2D eigenvalue weighted by Gasteiger charge is -2.24. The minimum Gasteiger partial charge on any atom is -0.297 e. The summed E-state index contributed by atoms with van der Waals surface area (Å²) in [7, 11) is 2.08. The summed E-state index contributed by atoms with van der Waals surface area (Å²) in [5.41, 5.74) is 0.828. The molecule has 2 rings (SSSR count). The van der Waals surface area contributed by atoms with Crippen LogP contribution in [-0.4, -0.2) is 23.0 Å². The van der Waals surface area contributed by atoms with Crippen LogP contribution in [0.4, 0.5) is 0 Å². The molecule has 0 aliphatic rings. The molecule has 1 atom stereocenters. The third-order valence-electron chi connectivity index (χ3n) is 3.11. The maximum atomic E-state index is 6.14. The van der Waals surface area contributed by atoms with Gasteiger partial charge in [0.05, 0.1) is 10.7 Å². The Bertz CT molecular complexity index is 528. The molecule has 19 heavy (non-hydrogen) atoms. The quantitative estimate of drug-likeness (QED) is 0.755. The van der Waals surface area contributed by atoms with E-state index in [0.29, 0.717) is 22.8 Å². The van der Waals surface area contributed by atoms with Crippen molar-refractivity contribution >= 4 is 34.5 Å². The first-order valence-corrected chi connectivity index (χ1v) is 7.73. The van der Waals surface area contributed by atoms with E-state index < -0.39 is 0 Å². The van der Waals surface area contributed by atoms with Gasteiger partial charge < -0.3 is 0 Å². The monoisotopic (exact) mass is 314 g/mol. The third-order valence-corrected chi connectivity index (χ3v) is 4.57. The Morgan fingerprint density at radius 2 is 2.11 bits per heavy atom. The molecule has 0 amide bonds. The average molecular weight is 315 g/mol. The predicted octanol–water partition coefficient (Wildman–Crippen LogP) is 4.51. The summed E-state index contributed by atoms with van der Waals surface area (Å²) in [4.78, 5) is 7.92. The van der Waals surface area contributed by atoms with Gasteiger partial charge in [0.2, 0.25) is 0 Å². The van der Waals surface area contributed by atoms with Crippen LogP contribution in [0.5, 0.6) is 0 Å². The van der Waals surface area contributed by atoms with Crippen molar-refractivity contribution < 1.29 is 0 Å². The van der Waals surface area contributed by atoms with Crippen LogP contribution in [-0.2, 0) is 13.0 Å². The van der Waals surface area contributed by atoms with E-state index in [1.54, 1.807) is 23.5 Å². The fourth-order valence-electron chi connectivity index (χ4n) is 1.84. The second-order valence-corrected chi connectivity index (χ2v) is 6.44. The molecule has 0 bridgehead atoms. The van der Waals surface area contributed by atoms with Crippen LogP contribution >= 0.6 is 34.5 Å². The van der Waals surface area contributed by atoms with Crippen molar-refractivity contribution in [3.63, 3.8) is 0 Å². The van der Waals surface area contributed by atoms with Gasteiger partial charge >= 0.3 is 0 Å². The van der Waals surface area contributed by atoms with E-state index in [9.17, 15) is 0 Å².